The van der Waals surface area contributed by atoms with Crippen LogP contribution < -0.4 is 9.47 Å². The average Bonchev–Trinajstić information content (AvgIpc) is 3.02. The summed E-state index contributed by atoms with van der Waals surface area (Å²) in [5, 5.41) is 2.21. The van der Waals surface area contributed by atoms with E-state index in [2.05, 4.69) is 9.88 Å². The summed E-state index contributed by atoms with van der Waals surface area (Å²) in [6.45, 7) is 6.20. The lowest BCUT2D eigenvalue weighted by atomic mass is 10.1. The number of aryl methyl sites for hydroxylation is 1. The van der Waals surface area contributed by atoms with Gasteiger partial charge in [0.1, 0.15) is 5.75 Å². The Balaban J connectivity index is 1.10. The maximum atomic E-state index is 12.9. The minimum atomic E-state index is -0.0197. The van der Waals surface area contributed by atoms with Crippen LogP contribution in [0.4, 0.5) is 0 Å². The molecule has 1 aliphatic heterocycles. The minimum Gasteiger partial charge on any atom is -0.492 e. The van der Waals surface area contributed by atoms with Gasteiger partial charge in [0.15, 0.2) is 5.75 Å². The summed E-state index contributed by atoms with van der Waals surface area (Å²) in [6, 6.07) is 20.6. The number of hydrogen-bond acceptors (Lipinski definition) is 5. The van der Waals surface area contributed by atoms with Crippen molar-refractivity contribution < 1.29 is 14.3 Å². The first-order chi connectivity index (χ1) is 21.2. The van der Waals surface area contributed by atoms with Gasteiger partial charge in [-0.2, -0.15) is 0 Å². The summed E-state index contributed by atoms with van der Waals surface area (Å²) in [6.07, 6.45) is 5.67. The fourth-order valence-electron chi connectivity index (χ4n) is 4.83. The zero-order valence-electron chi connectivity index (χ0n) is 24.1. The van der Waals surface area contributed by atoms with Gasteiger partial charge >= 0.3 is 0 Å². The SMILES string of the molecule is Cc1cc(/C=C/C(=O)N2CCN(Cc3ccc(Cl)cc3)CC2)cc(Cl)c1Oc1ccc(OCCc2ccc(Cl)c(Cl)c2)cn1. The Hall–Kier alpha value is -3.26. The molecule has 0 saturated carbocycles. The summed E-state index contributed by atoms with van der Waals surface area (Å²) < 4.78 is 11.8. The predicted octanol–water partition coefficient (Wildman–Crippen LogP) is 8.78. The maximum absolute atomic E-state index is 12.9. The first kappa shape index (κ1) is 32.1. The summed E-state index contributed by atoms with van der Waals surface area (Å²) in [5.74, 6) is 1.50. The van der Waals surface area contributed by atoms with Crippen LogP contribution in [0.1, 0.15) is 22.3 Å². The first-order valence-corrected chi connectivity index (χ1v) is 15.7. The maximum Gasteiger partial charge on any atom is 0.246 e. The Morgan fingerprint density at radius 1 is 0.864 bits per heavy atom. The molecular weight excluding hydrogens is 640 g/mol. The highest BCUT2D eigenvalue weighted by molar-refractivity contribution is 6.42. The lowest BCUT2D eigenvalue weighted by Gasteiger charge is -2.34. The number of aromatic nitrogens is 1. The van der Waals surface area contributed by atoms with Gasteiger partial charge in [0.25, 0.3) is 0 Å². The molecule has 1 saturated heterocycles. The van der Waals surface area contributed by atoms with Crippen molar-refractivity contribution >= 4 is 58.4 Å². The number of hydrogen-bond donors (Lipinski definition) is 0. The Bertz CT molecular complexity index is 1600. The van der Waals surface area contributed by atoms with Gasteiger partial charge in [0, 0.05) is 56.3 Å². The fourth-order valence-corrected chi connectivity index (χ4v) is 5.59. The van der Waals surface area contributed by atoms with E-state index in [-0.39, 0.29) is 5.91 Å². The Labute approximate surface area is 277 Å². The van der Waals surface area contributed by atoms with Crippen molar-refractivity contribution in [2.24, 2.45) is 0 Å². The van der Waals surface area contributed by atoms with Crippen LogP contribution >= 0.6 is 46.4 Å². The van der Waals surface area contributed by atoms with E-state index in [0.717, 1.165) is 41.3 Å². The van der Waals surface area contributed by atoms with E-state index in [1.165, 1.54) is 5.56 Å². The average molecular weight is 671 g/mol. The minimum absolute atomic E-state index is 0.0197. The van der Waals surface area contributed by atoms with Gasteiger partial charge < -0.3 is 14.4 Å². The van der Waals surface area contributed by atoms with Crippen molar-refractivity contribution in [3.8, 4) is 17.4 Å². The van der Waals surface area contributed by atoms with Crippen LogP contribution in [0.15, 0.2) is 79.0 Å². The van der Waals surface area contributed by atoms with Gasteiger partial charge in [-0.15, -0.1) is 0 Å². The molecule has 1 aliphatic rings. The molecule has 0 radical (unpaired) electrons. The lowest BCUT2D eigenvalue weighted by molar-refractivity contribution is -0.127. The number of amides is 1. The van der Waals surface area contributed by atoms with Crippen molar-refractivity contribution in [1.82, 2.24) is 14.8 Å². The number of carbonyl (C=O) groups excluding carboxylic acids is 1. The fraction of sp³-hybridized carbons (Fsp3) is 0.235. The van der Waals surface area contributed by atoms with Crippen molar-refractivity contribution in [3.05, 3.63) is 121 Å². The Morgan fingerprint density at radius 3 is 2.30 bits per heavy atom. The van der Waals surface area contributed by atoms with Crippen molar-refractivity contribution in [1.29, 1.82) is 0 Å². The number of ether oxygens (including phenoxy) is 2. The largest absolute Gasteiger partial charge is 0.492 e. The molecule has 4 aromatic rings. The molecule has 2 heterocycles. The highest BCUT2D eigenvalue weighted by Crippen LogP contribution is 2.34. The molecule has 10 heteroatoms. The molecule has 1 aromatic heterocycles. The number of piperazine rings is 1. The number of rotatable bonds is 10. The number of halogens is 4. The summed E-state index contributed by atoms with van der Waals surface area (Å²) >= 11 is 24.6. The molecule has 1 fully saturated rings. The molecular formula is C34H31Cl4N3O3. The van der Waals surface area contributed by atoms with E-state index in [4.69, 9.17) is 55.9 Å². The van der Waals surface area contributed by atoms with Gasteiger partial charge in [0.05, 0.1) is 27.9 Å². The van der Waals surface area contributed by atoms with Crippen LogP contribution in [0.2, 0.25) is 20.1 Å². The molecule has 44 heavy (non-hydrogen) atoms. The molecule has 6 nitrogen and oxygen atoms in total. The first-order valence-electron chi connectivity index (χ1n) is 14.2. The summed E-state index contributed by atoms with van der Waals surface area (Å²) in [7, 11) is 0. The van der Waals surface area contributed by atoms with Crippen LogP contribution in [-0.2, 0) is 17.8 Å². The Kier molecular flexibility index (Phi) is 11.1. The van der Waals surface area contributed by atoms with E-state index >= 15 is 0 Å². The van der Waals surface area contributed by atoms with E-state index in [1.807, 2.05) is 54.3 Å². The normalized spacial score (nSPS) is 13.8. The molecule has 228 valence electrons. The molecule has 0 spiro atoms. The van der Waals surface area contributed by atoms with Crippen LogP contribution in [0, 0.1) is 6.92 Å². The van der Waals surface area contributed by atoms with Gasteiger partial charge in [-0.05, 0) is 77.7 Å². The molecule has 0 atom stereocenters. The molecule has 0 aliphatic carbocycles. The standard InChI is InChI=1S/C34H31Cl4N3O3/c1-23-18-26(5-11-33(42)41-15-13-40(14-16-41)22-25-2-6-27(35)7-3-25)20-31(38)34(23)44-32-10-8-28(21-39-32)43-17-12-24-4-9-29(36)30(37)19-24/h2-11,18-21H,12-17,22H2,1H3/b11-5+. The van der Waals surface area contributed by atoms with Crippen molar-refractivity contribution in [2.75, 3.05) is 32.8 Å². The molecule has 0 N–H and O–H groups in total. The summed E-state index contributed by atoms with van der Waals surface area (Å²) in [4.78, 5) is 21.4. The number of carbonyl (C=O) groups is 1. The molecule has 3 aromatic carbocycles. The third-order valence-electron chi connectivity index (χ3n) is 7.23. The lowest BCUT2D eigenvalue weighted by Crippen LogP contribution is -2.47. The number of nitrogens with zero attached hydrogens (tertiary/aromatic N) is 3. The third-order valence-corrected chi connectivity index (χ3v) is 8.50. The van der Waals surface area contributed by atoms with Gasteiger partial charge in [-0.3, -0.25) is 9.69 Å². The zero-order chi connectivity index (χ0) is 31.1. The second-order valence-electron chi connectivity index (χ2n) is 10.5. The summed E-state index contributed by atoms with van der Waals surface area (Å²) in [5.41, 5.74) is 3.88. The zero-order valence-corrected chi connectivity index (χ0v) is 27.1. The topological polar surface area (TPSA) is 54.9 Å². The number of benzene rings is 3. The van der Waals surface area contributed by atoms with Crippen LogP contribution in [0.25, 0.3) is 6.08 Å². The predicted molar refractivity (Wildman–Crippen MR) is 179 cm³/mol. The van der Waals surface area contributed by atoms with E-state index in [1.54, 1.807) is 42.6 Å². The van der Waals surface area contributed by atoms with Crippen LogP contribution in [0.3, 0.4) is 0 Å². The monoisotopic (exact) mass is 669 g/mol. The van der Waals surface area contributed by atoms with Crippen LogP contribution in [0.5, 0.6) is 17.4 Å². The highest BCUT2D eigenvalue weighted by atomic mass is 35.5. The Morgan fingerprint density at radius 2 is 1.61 bits per heavy atom. The van der Waals surface area contributed by atoms with Gasteiger partial charge in [-0.25, -0.2) is 4.98 Å². The quantitative estimate of drug-likeness (QED) is 0.158. The highest BCUT2D eigenvalue weighted by Gasteiger charge is 2.20. The van der Waals surface area contributed by atoms with Gasteiger partial charge in [-0.1, -0.05) is 64.6 Å². The van der Waals surface area contributed by atoms with Crippen LogP contribution in [-0.4, -0.2) is 53.5 Å². The second-order valence-corrected chi connectivity index (χ2v) is 12.1. The molecule has 0 bridgehead atoms. The van der Waals surface area contributed by atoms with Crippen molar-refractivity contribution in [2.45, 2.75) is 19.9 Å². The molecule has 5 rings (SSSR count). The van der Waals surface area contributed by atoms with Gasteiger partial charge in [0.2, 0.25) is 11.8 Å². The van der Waals surface area contributed by atoms with E-state index < -0.39 is 0 Å². The molecule has 1 amide bonds. The van der Waals surface area contributed by atoms with E-state index in [9.17, 15) is 4.79 Å². The number of pyridine rings is 1. The third kappa shape index (κ3) is 8.90. The van der Waals surface area contributed by atoms with E-state index in [0.29, 0.717) is 58.6 Å². The van der Waals surface area contributed by atoms with Crippen molar-refractivity contribution in [3.63, 3.8) is 0 Å². The molecule has 0 unspecified atom stereocenters. The second kappa shape index (κ2) is 15.2. The smallest absolute Gasteiger partial charge is 0.246 e.